The van der Waals surface area contributed by atoms with Crippen LogP contribution in [-0.4, -0.2) is 40.6 Å². The predicted octanol–water partition coefficient (Wildman–Crippen LogP) is 0.834. The normalized spacial score (nSPS) is 11.9. The molecular weight excluding hydrogens is 320 g/mol. The van der Waals surface area contributed by atoms with Crippen LogP contribution < -0.4 is 4.72 Å². The average Bonchev–Trinajstić information content (AvgIpc) is 2.70. The topological polar surface area (TPSA) is 114 Å². The molecule has 0 atom stereocenters. The number of hydrogen-bond donors (Lipinski definition) is 2. The van der Waals surface area contributed by atoms with Crippen LogP contribution in [0.15, 0.2) is 17.3 Å². The zero-order valence-corrected chi connectivity index (χ0v) is 12.6. The van der Waals surface area contributed by atoms with E-state index in [1.165, 1.54) is 16.9 Å². The zero-order chi connectivity index (χ0) is 15.6. The van der Waals surface area contributed by atoms with Crippen molar-refractivity contribution in [3.8, 4) is 0 Å². The third-order valence-corrected chi connectivity index (χ3v) is 4.58. The first-order chi connectivity index (χ1) is 9.81. The van der Waals surface area contributed by atoms with Gasteiger partial charge in [-0.15, -0.1) is 0 Å². The second-order valence-electron chi connectivity index (χ2n) is 4.35. The fourth-order valence-electron chi connectivity index (χ4n) is 1.67. The van der Waals surface area contributed by atoms with Gasteiger partial charge in [0.25, 0.3) is 0 Å². The Hall–Kier alpha value is -1.71. The molecule has 0 aliphatic rings. The van der Waals surface area contributed by atoms with Crippen molar-refractivity contribution in [2.75, 3.05) is 6.54 Å². The van der Waals surface area contributed by atoms with Crippen LogP contribution in [0.3, 0.4) is 0 Å². The van der Waals surface area contributed by atoms with Gasteiger partial charge < -0.3 is 5.11 Å². The molecule has 0 bridgehead atoms. The zero-order valence-electron chi connectivity index (χ0n) is 11.1. The summed E-state index contributed by atoms with van der Waals surface area (Å²) in [6, 6.07) is 0. The van der Waals surface area contributed by atoms with Crippen molar-refractivity contribution in [1.29, 1.82) is 0 Å². The molecule has 0 fully saturated rings. The molecule has 10 heteroatoms. The number of carbonyl (C=O) groups is 1. The lowest BCUT2D eigenvalue weighted by Crippen LogP contribution is -2.25. The number of halogens is 1. The van der Waals surface area contributed by atoms with Crippen LogP contribution in [0.1, 0.15) is 18.5 Å². The first kappa shape index (κ1) is 15.7. The van der Waals surface area contributed by atoms with E-state index >= 15 is 0 Å². The number of aromatic nitrogens is 3. The van der Waals surface area contributed by atoms with Gasteiger partial charge in [0.15, 0.2) is 5.65 Å². The summed E-state index contributed by atoms with van der Waals surface area (Å²) in [4.78, 5) is 14.3. The minimum Gasteiger partial charge on any atom is -0.481 e. The summed E-state index contributed by atoms with van der Waals surface area (Å²) in [5.74, 6) is -0.973. The van der Waals surface area contributed by atoms with E-state index in [2.05, 4.69) is 14.8 Å². The Morgan fingerprint density at radius 3 is 2.90 bits per heavy atom. The van der Waals surface area contributed by atoms with Gasteiger partial charge in [0.1, 0.15) is 9.92 Å². The van der Waals surface area contributed by atoms with Gasteiger partial charge in [0.2, 0.25) is 10.0 Å². The van der Waals surface area contributed by atoms with Crippen LogP contribution in [0.5, 0.6) is 0 Å². The molecule has 8 nitrogen and oxygen atoms in total. The summed E-state index contributed by atoms with van der Waals surface area (Å²) in [6.45, 7) is 1.72. The minimum absolute atomic E-state index is 0.0333. The molecule has 2 heterocycles. The van der Waals surface area contributed by atoms with E-state index in [9.17, 15) is 13.2 Å². The van der Waals surface area contributed by atoms with E-state index in [0.717, 1.165) is 0 Å². The molecule has 21 heavy (non-hydrogen) atoms. The molecular formula is C11H13ClN4O4S. The van der Waals surface area contributed by atoms with Gasteiger partial charge in [-0.05, 0) is 13.3 Å². The number of hydrogen-bond acceptors (Lipinski definition) is 5. The molecule has 0 amide bonds. The predicted molar refractivity (Wildman–Crippen MR) is 74.8 cm³/mol. The Balaban J connectivity index is 2.18. The van der Waals surface area contributed by atoms with Gasteiger partial charge >= 0.3 is 5.97 Å². The van der Waals surface area contributed by atoms with Crippen molar-refractivity contribution >= 4 is 33.2 Å². The van der Waals surface area contributed by atoms with Crippen LogP contribution in [-0.2, 0) is 14.8 Å². The van der Waals surface area contributed by atoms with E-state index in [4.69, 9.17) is 16.7 Å². The maximum Gasteiger partial charge on any atom is 0.303 e. The van der Waals surface area contributed by atoms with Gasteiger partial charge in [-0.25, -0.2) is 22.6 Å². The summed E-state index contributed by atoms with van der Waals surface area (Å²) < 4.78 is 27.7. The number of carboxylic acid groups (broad SMARTS) is 1. The Labute approximate surface area is 125 Å². The molecule has 2 N–H and O–H groups in total. The van der Waals surface area contributed by atoms with Crippen molar-refractivity contribution in [3.05, 3.63) is 23.1 Å². The maximum absolute atomic E-state index is 12.0. The lowest BCUT2D eigenvalue weighted by molar-refractivity contribution is -0.137. The number of nitrogens with one attached hydrogen (secondary N) is 1. The van der Waals surface area contributed by atoms with E-state index in [1.54, 1.807) is 6.92 Å². The number of fused-ring (bicyclic) bond motifs is 1. The van der Waals surface area contributed by atoms with Crippen LogP contribution >= 0.6 is 11.6 Å². The summed E-state index contributed by atoms with van der Waals surface area (Å²) >= 11 is 5.97. The SMILES string of the molecule is Cc1nn2cc(S(=O)(=O)NCCCC(=O)O)cnc2c1Cl. The lowest BCUT2D eigenvalue weighted by Gasteiger charge is -2.05. The second-order valence-corrected chi connectivity index (χ2v) is 6.50. The fraction of sp³-hybridized carbons (Fsp3) is 0.364. The van der Waals surface area contributed by atoms with E-state index in [1.807, 2.05) is 0 Å². The molecule has 2 rings (SSSR count). The molecule has 0 unspecified atom stereocenters. The third kappa shape index (κ3) is 3.49. The van der Waals surface area contributed by atoms with Crippen molar-refractivity contribution in [3.63, 3.8) is 0 Å². The molecule has 0 aromatic carbocycles. The lowest BCUT2D eigenvalue weighted by atomic mass is 10.3. The van der Waals surface area contributed by atoms with Crippen molar-refractivity contribution in [2.45, 2.75) is 24.7 Å². The van der Waals surface area contributed by atoms with Crippen LogP contribution in [0.25, 0.3) is 5.65 Å². The Kier molecular flexibility index (Phi) is 4.45. The van der Waals surface area contributed by atoms with Gasteiger partial charge in [0, 0.05) is 13.0 Å². The van der Waals surface area contributed by atoms with Crippen molar-refractivity contribution in [2.24, 2.45) is 0 Å². The molecule has 0 aliphatic heterocycles. The number of sulfonamides is 1. The molecule has 0 saturated heterocycles. The Morgan fingerprint density at radius 2 is 2.24 bits per heavy atom. The summed E-state index contributed by atoms with van der Waals surface area (Å²) in [6.07, 6.45) is 2.59. The first-order valence-electron chi connectivity index (χ1n) is 6.03. The van der Waals surface area contributed by atoms with E-state index < -0.39 is 16.0 Å². The van der Waals surface area contributed by atoms with Crippen molar-refractivity contribution in [1.82, 2.24) is 19.3 Å². The number of nitrogens with zero attached hydrogens (tertiary/aromatic N) is 3. The van der Waals surface area contributed by atoms with Crippen LogP contribution in [0.4, 0.5) is 0 Å². The molecule has 0 aliphatic carbocycles. The van der Waals surface area contributed by atoms with Gasteiger partial charge in [0.05, 0.1) is 18.1 Å². The van der Waals surface area contributed by atoms with Crippen LogP contribution in [0, 0.1) is 6.92 Å². The third-order valence-electron chi connectivity index (χ3n) is 2.72. The van der Waals surface area contributed by atoms with E-state index in [-0.39, 0.29) is 24.3 Å². The maximum atomic E-state index is 12.0. The number of aliphatic carboxylic acids is 1. The highest BCUT2D eigenvalue weighted by Gasteiger charge is 2.17. The average molecular weight is 333 g/mol. The van der Waals surface area contributed by atoms with Gasteiger partial charge in [-0.2, -0.15) is 5.10 Å². The van der Waals surface area contributed by atoms with Crippen molar-refractivity contribution < 1.29 is 18.3 Å². The second kappa shape index (κ2) is 5.96. The number of carboxylic acids is 1. The highest BCUT2D eigenvalue weighted by atomic mass is 35.5. The Bertz CT molecular complexity index is 787. The quantitative estimate of drug-likeness (QED) is 0.757. The summed E-state index contributed by atoms with van der Waals surface area (Å²) in [7, 11) is -3.76. The van der Waals surface area contributed by atoms with E-state index in [0.29, 0.717) is 16.4 Å². The summed E-state index contributed by atoms with van der Waals surface area (Å²) in [5, 5.41) is 12.9. The monoisotopic (exact) mass is 332 g/mol. The van der Waals surface area contributed by atoms with Gasteiger partial charge in [-0.3, -0.25) is 4.79 Å². The first-order valence-corrected chi connectivity index (χ1v) is 7.89. The standard InChI is InChI=1S/C11H13ClN4O4S/c1-7-10(12)11-13-5-8(6-16(11)15-7)21(19,20)14-4-2-3-9(17)18/h5-6,14H,2-4H2,1H3,(H,17,18). The molecule has 0 radical (unpaired) electrons. The highest BCUT2D eigenvalue weighted by Crippen LogP contribution is 2.20. The molecule has 114 valence electrons. The molecule has 0 saturated carbocycles. The summed E-state index contributed by atoms with van der Waals surface area (Å²) in [5.41, 5.74) is 0.923. The molecule has 2 aromatic rings. The largest absolute Gasteiger partial charge is 0.481 e. The smallest absolute Gasteiger partial charge is 0.303 e. The fourth-order valence-corrected chi connectivity index (χ4v) is 2.85. The number of aryl methyl sites for hydroxylation is 1. The number of rotatable bonds is 6. The Morgan fingerprint density at radius 1 is 1.52 bits per heavy atom. The highest BCUT2D eigenvalue weighted by molar-refractivity contribution is 7.89. The van der Waals surface area contributed by atoms with Gasteiger partial charge in [-0.1, -0.05) is 11.6 Å². The molecule has 0 spiro atoms. The molecule has 2 aromatic heterocycles. The van der Waals surface area contributed by atoms with Crippen LogP contribution in [0.2, 0.25) is 5.02 Å². The minimum atomic E-state index is -3.76.